The monoisotopic (exact) mass is 445 g/mol. The van der Waals surface area contributed by atoms with Crippen LogP contribution in [-0.2, 0) is 16.1 Å². The lowest BCUT2D eigenvalue weighted by Crippen LogP contribution is -2.30. The number of carbonyl (C=O) groups excluding carboxylic acids is 2. The molecule has 0 radical (unpaired) electrons. The van der Waals surface area contributed by atoms with E-state index in [4.69, 9.17) is 39.0 Å². The Morgan fingerprint density at radius 2 is 1.97 bits per heavy atom. The first-order valence-electron chi connectivity index (χ1n) is 8.95. The van der Waals surface area contributed by atoms with Crippen LogP contribution in [0.2, 0.25) is 5.02 Å². The molecule has 0 bridgehead atoms. The maximum absolute atomic E-state index is 13.0. The van der Waals surface area contributed by atoms with Crippen LogP contribution in [0.5, 0.6) is 11.5 Å². The Hall–Kier alpha value is -3.10. The summed E-state index contributed by atoms with van der Waals surface area (Å²) in [7, 11) is 3.18. The Morgan fingerprint density at radius 3 is 2.60 bits per heavy atom. The van der Waals surface area contributed by atoms with E-state index in [0.717, 1.165) is 5.56 Å². The number of nitrogens with zero attached hydrogens (tertiary/aromatic N) is 2. The summed E-state index contributed by atoms with van der Waals surface area (Å²) >= 11 is 11.8. The van der Waals surface area contributed by atoms with Gasteiger partial charge in [0.1, 0.15) is 5.70 Å². The van der Waals surface area contributed by atoms with Gasteiger partial charge in [-0.15, -0.1) is 0 Å². The van der Waals surface area contributed by atoms with Crippen molar-refractivity contribution in [2.45, 2.75) is 6.54 Å². The van der Waals surface area contributed by atoms with E-state index in [1.165, 1.54) is 7.11 Å². The number of hydrogen-bond donors (Lipinski definition) is 1. The minimum absolute atomic E-state index is 0.201. The van der Waals surface area contributed by atoms with Gasteiger partial charge in [-0.25, -0.2) is 0 Å². The molecule has 7 nitrogen and oxygen atoms in total. The first kappa shape index (κ1) is 21.6. The van der Waals surface area contributed by atoms with Gasteiger partial charge < -0.3 is 20.1 Å². The molecule has 2 N–H and O–H groups in total. The number of thiocarbonyl (C=S) groups is 1. The molecule has 0 saturated carbocycles. The van der Waals surface area contributed by atoms with Crippen LogP contribution in [-0.4, -0.2) is 47.5 Å². The van der Waals surface area contributed by atoms with Crippen molar-refractivity contribution < 1.29 is 19.1 Å². The normalized spacial score (nSPS) is 15.1. The van der Waals surface area contributed by atoms with Crippen molar-refractivity contribution >= 4 is 46.8 Å². The van der Waals surface area contributed by atoms with Crippen molar-refractivity contribution in [1.29, 1.82) is 0 Å². The lowest BCUT2D eigenvalue weighted by atomic mass is 10.1. The van der Waals surface area contributed by atoms with Crippen molar-refractivity contribution in [3.05, 3.63) is 64.3 Å². The number of amides is 2. The predicted octanol–water partition coefficient (Wildman–Crippen LogP) is 2.81. The second-order valence-corrected chi connectivity index (χ2v) is 7.31. The van der Waals surface area contributed by atoms with Gasteiger partial charge in [-0.05, 0) is 41.6 Å². The maximum Gasteiger partial charge on any atom is 0.277 e. The number of carbonyl (C=O) groups is 2. The highest BCUT2D eigenvalue weighted by atomic mass is 35.5. The Morgan fingerprint density at radius 1 is 1.27 bits per heavy atom. The van der Waals surface area contributed by atoms with Crippen LogP contribution in [0.25, 0.3) is 6.08 Å². The molecule has 0 unspecified atom stereocenters. The van der Waals surface area contributed by atoms with Crippen molar-refractivity contribution in [3.63, 3.8) is 0 Å². The van der Waals surface area contributed by atoms with Gasteiger partial charge in [0.25, 0.3) is 11.8 Å². The van der Waals surface area contributed by atoms with E-state index >= 15 is 0 Å². The average molecular weight is 446 g/mol. The molecule has 3 rings (SSSR count). The summed E-state index contributed by atoms with van der Waals surface area (Å²) in [4.78, 5) is 27.2. The number of halogens is 1. The number of nitrogens with two attached hydrogens (primary N) is 1. The topological polar surface area (TPSA) is 85.1 Å². The fourth-order valence-electron chi connectivity index (χ4n) is 2.98. The van der Waals surface area contributed by atoms with Crippen LogP contribution in [0.4, 0.5) is 0 Å². The van der Waals surface area contributed by atoms with Gasteiger partial charge in [0.05, 0.1) is 18.7 Å². The molecule has 0 spiro atoms. The van der Waals surface area contributed by atoms with Crippen LogP contribution in [0.1, 0.15) is 11.1 Å². The molecule has 0 atom stereocenters. The zero-order chi connectivity index (χ0) is 21.8. The molecule has 1 heterocycles. The summed E-state index contributed by atoms with van der Waals surface area (Å²) in [5.74, 6) is -0.333. The highest BCUT2D eigenvalue weighted by molar-refractivity contribution is 7.80. The molecule has 1 aliphatic rings. The second kappa shape index (κ2) is 9.15. The highest BCUT2D eigenvalue weighted by Gasteiger charge is 2.35. The SMILES string of the molecule is COc1cc(C=C2C(=O)N(Cc3ccccc3)C(=S)N2C)cc(Cl)c1OCC(N)=O. The number of primary amides is 1. The maximum atomic E-state index is 13.0. The molecule has 1 fully saturated rings. The number of ether oxygens (including phenoxy) is 2. The van der Waals surface area contributed by atoms with E-state index in [1.54, 1.807) is 35.1 Å². The van der Waals surface area contributed by atoms with Gasteiger partial charge in [-0.2, -0.15) is 0 Å². The number of likely N-dealkylation sites (N-methyl/N-ethyl adjacent to an activating group) is 1. The zero-order valence-corrected chi connectivity index (χ0v) is 18.0. The smallest absolute Gasteiger partial charge is 0.277 e. The lowest BCUT2D eigenvalue weighted by Gasteiger charge is -2.16. The lowest BCUT2D eigenvalue weighted by molar-refractivity contribution is -0.123. The molecule has 9 heteroatoms. The summed E-state index contributed by atoms with van der Waals surface area (Å²) in [6.45, 7) is 0.0462. The van der Waals surface area contributed by atoms with Crippen LogP contribution >= 0.6 is 23.8 Å². The molecule has 0 aliphatic carbocycles. The molecule has 2 aromatic rings. The highest BCUT2D eigenvalue weighted by Crippen LogP contribution is 2.37. The third-order valence-electron chi connectivity index (χ3n) is 4.44. The Bertz CT molecular complexity index is 1030. The standard InChI is InChI=1S/C21H20ClN3O4S/c1-24-16(20(27)25(21(24)30)11-13-6-4-3-5-7-13)9-14-8-15(22)19(17(10-14)28-2)29-12-18(23)26/h3-10H,11-12H2,1-2H3,(H2,23,26). The van der Waals surface area contributed by atoms with E-state index in [1.807, 2.05) is 30.3 Å². The van der Waals surface area contributed by atoms with E-state index in [-0.39, 0.29) is 23.3 Å². The fraction of sp³-hybridized carbons (Fsp3) is 0.190. The number of benzene rings is 2. The van der Waals surface area contributed by atoms with Gasteiger partial charge in [0.2, 0.25) is 0 Å². The Kier molecular flexibility index (Phi) is 6.59. The minimum Gasteiger partial charge on any atom is -0.493 e. The quantitative estimate of drug-likeness (QED) is 0.521. The third-order valence-corrected chi connectivity index (χ3v) is 5.22. The van der Waals surface area contributed by atoms with Gasteiger partial charge in [-0.1, -0.05) is 41.9 Å². The van der Waals surface area contributed by atoms with Gasteiger partial charge in [-0.3, -0.25) is 14.5 Å². The summed E-state index contributed by atoms with van der Waals surface area (Å²) in [5, 5.41) is 0.633. The molecule has 2 amide bonds. The van der Waals surface area contributed by atoms with Crippen LogP contribution < -0.4 is 15.2 Å². The summed E-state index contributed by atoms with van der Waals surface area (Å²) in [6, 6.07) is 12.9. The molecule has 0 aromatic heterocycles. The van der Waals surface area contributed by atoms with E-state index in [9.17, 15) is 9.59 Å². The number of hydrogen-bond acceptors (Lipinski definition) is 5. The second-order valence-electron chi connectivity index (χ2n) is 6.54. The molecule has 1 aliphatic heterocycles. The minimum atomic E-state index is -0.635. The van der Waals surface area contributed by atoms with E-state index in [2.05, 4.69) is 0 Å². The van der Waals surface area contributed by atoms with E-state index < -0.39 is 5.91 Å². The Balaban J connectivity index is 1.90. The summed E-state index contributed by atoms with van der Waals surface area (Å²) in [6.07, 6.45) is 1.67. The van der Waals surface area contributed by atoms with Crippen molar-refractivity contribution in [1.82, 2.24) is 9.80 Å². The molecule has 156 valence electrons. The molecule has 1 saturated heterocycles. The number of rotatable bonds is 7. The molecular weight excluding hydrogens is 426 g/mol. The first-order chi connectivity index (χ1) is 14.3. The van der Waals surface area contributed by atoms with Gasteiger partial charge >= 0.3 is 0 Å². The fourth-order valence-corrected chi connectivity index (χ4v) is 3.50. The van der Waals surface area contributed by atoms with Crippen molar-refractivity contribution in [2.75, 3.05) is 20.8 Å². The third kappa shape index (κ3) is 4.55. The van der Waals surface area contributed by atoms with Crippen molar-refractivity contribution in [2.24, 2.45) is 5.73 Å². The average Bonchev–Trinajstić information content (AvgIpc) is 2.91. The predicted molar refractivity (Wildman–Crippen MR) is 118 cm³/mol. The van der Waals surface area contributed by atoms with Crippen LogP contribution in [0, 0.1) is 0 Å². The molecule has 2 aromatic carbocycles. The Labute approximate surface area is 184 Å². The summed E-state index contributed by atoms with van der Waals surface area (Å²) < 4.78 is 10.6. The van der Waals surface area contributed by atoms with Gasteiger partial charge in [0.15, 0.2) is 23.2 Å². The first-order valence-corrected chi connectivity index (χ1v) is 9.74. The van der Waals surface area contributed by atoms with E-state index in [0.29, 0.717) is 28.7 Å². The summed E-state index contributed by atoms with van der Waals surface area (Å²) in [5.41, 5.74) is 7.11. The largest absolute Gasteiger partial charge is 0.493 e. The van der Waals surface area contributed by atoms with Gasteiger partial charge in [0, 0.05) is 7.05 Å². The molecular formula is C21H20ClN3O4S. The molecule has 30 heavy (non-hydrogen) atoms. The van der Waals surface area contributed by atoms with Crippen LogP contribution in [0.3, 0.4) is 0 Å². The van der Waals surface area contributed by atoms with Crippen molar-refractivity contribution in [3.8, 4) is 11.5 Å². The van der Waals surface area contributed by atoms with Crippen LogP contribution in [0.15, 0.2) is 48.2 Å². The number of methoxy groups -OCH3 is 1. The zero-order valence-electron chi connectivity index (χ0n) is 16.4.